The van der Waals surface area contributed by atoms with Gasteiger partial charge in [-0.1, -0.05) is 58.0 Å². The molecule has 172 valence electrons. The van der Waals surface area contributed by atoms with Crippen LogP contribution in [0.1, 0.15) is 77.2 Å². The van der Waals surface area contributed by atoms with Crippen LogP contribution in [0.5, 0.6) is 5.75 Å². The lowest BCUT2D eigenvalue weighted by atomic mass is 9.87. The third kappa shape index (κ3) is 5.11. The predicted molar refractivity (Wildman–Crippen MR) is 125 cm³/mol. The van der Waals surface area contributed by atoms with Crippen molar-refractivity contribution in [2.45, 2.75) is 46.1 Å². The first-order valence-corrected chi connectivity index (χ1v) is 10.9. The topological polar surface area (TPSA) is 65.5 Å². The molecule has 0 spiro atoms. The van der Waals surface area contributed by atoms with Crippen molar-refractivity contribution < 1.29 is 23.5 Å². The summed E-state index contributed by atoms with van der Waals surface area (Å²) in [6, 6.07) is 13.5. The molecule has 33 heavy (non-hydrogen) atoms. The van der Waals surface area contributed by atoms with E-state index in [1.165, 1.54) is 25.3 Å². The summed E-state index contributed by atoms with van der Waals surface area (Å²) in [6.07, 6.45) is 0.693. The monoisotopic (exact) mass is 449 g/mol. The normalized spacial score (nSPS) is 11.0. The van der Waals surface area contributed by atoms with Gasteiger partial charge in [-0.15, -0.1) is 0 Å². The Morgan fingerprint density at radius 1 is 1.03 bits per heavy atom. The van der Waals surface area contributed by atoms with Crippen LogP contribution in [-0.4, -0.2) is 24.3 Å². The van der Waals surface area contributed by atoms with Crippen LogP contribution in [0.3, 0.4) is 0 Å². The van der Waals surface area contributed by atoms with Crippen molar-refractivity contribution in [3.05, 3.63) is 82.4 Å². The number of nitrogens with zero attached hydrogens (tertiary/aromatic N) is 1. The lowest BCUT2D eigenvalue weighted by molar-refractivity contribution is 0.0599. The molecule has 6 heteroatoms. The number of carbonyl (C=O) groups is 2. The van der Waals surface area contributed by atoms with Crippen LogP contribution in [0.15, 0.2) is 48.5 Å². The fraction of sp³-hybridized carbons (Fsp3) is 0.296. The van der Waals surface area contributed by atoms with E-state index in [9.17, 15) is 14.0 Å². The molecule has 0 amide bonds. The highest BCUT2D eigenvalue weighted by Crippen LogP contribution is 2.40. The number of pyridine rings is 1. The molecule has 3 aromatic rings. The molecule has 1 heterocycles. The van der Waals surface area contributed by atoms with Gasteiger partial charge in [-0.25, -0.2) is 9.18 Å². The van der Waals surface area contributed by atoms with Crippen LogP contribution in [0.2, 0.25) is 0 Å². The summed E-state index contributed by atoms with van der Waals surface area (Å²) in [6.45, 7) is 7.89. The lowest BCUT2D eigenvalue weighted by Gasteiger charge is -2.22. The SMILES string of the molecule is COC(=O)c1c(C(C)C)nc(C(C)C)c(C=O)c1-c1ccc(F)cc1OCc1ccccc1. The minimum atomic E-state index is -0.613. The average molecular weight is 450 g/mol. The van der Waals surface area contributed by atoms with Gasteiger partial charge >= 0.3 is 5.97 Å². The highest BCUT2D eigenvalue weighted by Gasteiger charge is 2.29. The van der Waals surface area contributed by atoms with Crippen molar-refractivity contribution >= 4 is 12.3 Å². The molecule has 0 aliphatic rings. The van der Waals surface area contributed by atoms with Gasteiger partial charge in [0.25, 0.3) is 0 Å². The summed E-state index contributed by atoms with van der Waals surface area (Å²) in [7, 11) is 1.28. The fourth-order valence-corrected chi connectivity index (χ4v) is 3.76. The molecule has 0 aliphatic carbocycles. The fourth-order valence-electron chi connectivity index (χ4n) is 3.76. The molecule has 0 saturated carbocycles. The molecular weight excluding hydrogens is 421 g/mol. The molecule has 5 nitrogen and oxygen atoms in total. The third-order valence-electron chi connectivity index (χ3n) is 5.34. The van der Waals surface area contributed by atoms with E-state index in [1.807, 2.05) is 58.0 Å². The van der Waals surface area contributed by atoms with E-state index in [-0.39, 0.29) is 35.3 Å². The number of halogens is 1. The zero-order chi connectivity index (χ0) is 24.1. The van der Waals surface area contributed by atoms with Gasteiger partial charge in [0.15, 0.2) is 6.29 Å². The molecule has 0 bridgehead atoms. The van der Waals surface area contributed by atoms with Crippen LogP contribution in [0.4, 0.5) is 4.39 Å². The maximum Gasteiger partial charge on any atom is 0.340 e. The number of hydrogen-bond donors (Lipinski definition) is 0. The van der Waals surface area contributed by atoms with Gasteiger partial charge in [-0.3, -0.25) is 9.78 Å². The number of aldehydes is 1. The van der Waals surface area contributed by atoms with Gasteiger partial charge in [0.05, 0.1) is 24.1 Å². The molecule has 0 aliphatic heterocycles. The third-order valence-corrected chi connectivity index (χ3v) is 5.34. The standard InChI is InChI=1S/C27H28FNO4/c1-16(2)25-21(14-30)23(24(27(31)32-5)26(29-25)17(3)4)20-12-11-19(28)13-22(20)33-15-18-9-7-6-8-10-18/h6-14,16-17H,15H2,1-5H3. The van der Waals surface area contributed by atoms with Gasteiger partial charge in [0.2, 0.25) is 0 Å². The van der Waals surface area contributed by atoms with Gasteiger partial charge in [0, 0.05) is 22.8 Å². The van der Waals surface area contributed by atoms with Gasteiger partial charge in [0.1, 0.15) is 18.2 Å². The van der Waals surface area contributed by atoms with Crippen LogP contribution < -0.4 is 4.74 Å². The second kappa shape index (κ2) is 10.4. The van der Waals surface area contributed by atoms with E-state index in [1.54, 1.807) is 0 Å². The van der Waals surface area contributed by atoms with E-state index in [0.717, 1.165) is 5.56 Å². The Balaban J connectivity index is 2.32. The molecule has 2 aromatic carbocycles. The maximum absolute atomic E-state index is 14.3. The lowest BCUT2D eigenvalue weighted by Crippen LogP contribution is -2.17. The summed E-state index contributed by atoms with van der Waals surface area (Å²) >= 11 is 0. The van der Waals surface area contributed by atoms with Crippen LogP contribution in [-0.2, 0) is 11.3 Å². The van der Waals surface area contributed by atoms with Crippen molar-refractivity contribution in [2.24, 2.45) is 0 Å². The highest BCUT2D eigenvalue weighted by molar-refractivity contribution is 6.05. The molecule has 0 unspecified atom stereocenters. The highest BCUT2D eigenvalue weighted by atomic mass is 19.1. The molecule has 0 saturated heterocycles. The van der Waals surface area contributed by atoms with Crippen molar-refractivity contribution in [1.29, 1.82) is 0 Å². The number of ether oxygens (including phenoxy) is 2. The number of hydrogen-bond acceptors (Lipinski definition) is 5. The Kier molecular flexibility index (Phi) is 7.59. The van der Waals surface area contributed by atoms with E-state index in [2.05, 4.69) is 0 Å². The van der Waals surface area contributed by atoms with Crippen molar-refractivity contribution in [1.82, 2.24) is 4.98 Å². The van der Waals surface area contributed by atoms with Crippen LogP contribution in [0.25, 0.3) is 11.1 Å². The maximum atomic E-state index is 14.3. The summed E-state index contributed by atoms with van der Waals surface area (Å²) in [4.78, 5) is 30.0. The second-order valence-electron chi connectivity index (χ2n) is 8.38. The Labute approximate surface area is 193 Å². The molecule has 0 radical (unpaired) electrons. The first-order valence-electron chi connectivity index (χ1n) is 10.9. The van der Waals surface area contributed by atoms with Crippen LogP contribution >= 0.6 is 0 Å². The second-order valence-corrected chi connectivity index (χ2v) is 8.38. The van der Waals surface area contributed by atoms with Crippen molar-refractivity contribution in [3.8, 4) is 16.9 Å². The predicted octanol–water partition coefficient (Wildman–Crippen LogP) is 6.31. The quantitative estimate of drug-likeness (QED) is 0.298. The average Bonchev–Trinajstić information content (AvgIpc) is 2.81. The number of rotatable bonds is 8. The largest absolute Gasteiger partial charge is 0.488 e. The number of methoxy groups -OCH3 is 1. The van der Waals surface area contributed by atoms with Crippen molar-refractivity contribution in [3.63, 3.8) is 0 Å². The Morgan fingerprint density at radius 3 is 2.27 bits per heavy atom. The Bertz CT molecular complexity index is 1160. The first kappa shape index (κ1) is 24.1. The molecule has 0 atom stereocenters. The van der Waals surface area contributed by atoms with Crippen molar-refractivity contribution in [2.75, 3.05) is 7.11 Å². The summed E-state index contributed by atoms with van der Waals surface area (Å²) < 4.78 is 25.3. The minimum absolute atomic E-state index is 0.0812. The molecule has 1 aromatic heterocycles. The zero-order valence-electron chi connectivity index (χ0n) is 19.5. The van der Waals surface area contributed by atoms with Crippen LogP contribution in [0, 0.1) is 5.82 Å². The molecular formula is C27H28FNO4. The van der Waals surface area contributed by atoms with E-state index in [0.29, 0.717) is 28.8 Å². The Hall–Kier alpha value is -3.54. The Morgan fingerprint density at radius 2 is 1.70 bits per heavy atom. The van der Waals surface area contributed by atoms with Gasteiger partial charge in [-0.05, 0) is 29.5 Å². The van der Waals surface area contributed by atoms with E-state index >= 15 is 0 Å². The number of carbonyl (C=O) groups excluding carboxylic acids is 2. The van der Waals surface area contributed by atoms with E-state index < -0.39 is 11.8 Å². The van der Waals surface area contributed by atoms with Gasteiger partial charge < -0.3 is 9.47 Å². The summed E-state index contributed by atoms with van der Waals surface area (Å²) in [5.41, 5.74) is 3.22. The number of esters is 1. The smallest absolute Gasteiger partial charge is 0.340 e. The summed E-state index contributed by atoms with van der Waals surface area (Å²) in [5.74, 6) is -1.08. The molecule has 0 fully saturated rings. The first-order chi connectivity index (χ1) is 15.8. The summed E-state index contributed by atoms with van der Waals surface area (Å²) in [5, 5.41) is 0. The zero-order valence-corrected chi connectivity index (χ0v) is 19.5. The van der Waals surface area contributed by atoms with Gasteiger partial charge in [-0.2, -0.15) is 0 Å². The number of aromatic nitrogens is 1. The minimum Gasteiger partial charge on any atom is -0.488 e. The number of benzene rings is 2. The molecule has 0 N–H and O–H groups in total. The molecule has 3 rings (SSSR count). The van der Waals surface area contributed by atoms with E-state index in [4.69, 9.17) is 14.5 Å².